The fourth-order valence-electron chi connectivity index (χ4n) is 3.18. The third-order valence-corrected chi connectivity index (χ3v) is 4.77. The number of hydrogen-bond donors (Lipinski definition) is 3. The number of benzene rings is 2. The lowest BCUT2D eigenvalue weighted by Crippen LogP contribution is -2.12. The van der Waals surface area contributed by atoms with Crippen molar-refractivity contribution in [2.75, 3.05) is 16.0 Å². The highest BCUT2D eigenvalue weighted by Gasteiger charge is 2.34. The molecule has 1 aromatic heterocycles. The zero-order chi connectivity index (χ0) is 22.9. The SMILES string of the molecule is Cc1cnc(CNc2ccc(N/C=C3/C(=O)Nc4ccc(F)cc43)cc2C(F)(F)F)cn1. The van der Waals surface area contributed by atoms with E-state index in [0.29, 0.717) is 22.6 Å². The van der Waals surface area contributed by atoms with Gasteiger partial charge in [0.1, 0.15) is 5.82 Å². The third-order valence-electron chi connectivity index (χ3n) is 4.77. The number of amides is 1. The molecular formula is C22H17F4N5O. The van der Waals surface area contributed by atoms with Crippen molar-refractivity contribution >= 4 is 28.5 Å². The molecule has 3 aromatic rings. The number of halogens is 4. The summed E-state index contributed by atoms with van der Waals surface area (Å²) < 4.78 is 54.4. The van der Waals surface area contributed by atoms with E-state index in [1.54, 1.807) is 6.92 Å². The molecule has 0 saturated heterocycles. The van der Waals surface area contributed by atoms with Crippen LogP contribution in [0.5, 0.6) is 0 Å². The molecular weight excluding hydrogens is 426 g/mol. The maximum absolute atomic E-state index is 13.6. The van der Waals surface area contributed by atoms with Crippen molar-refractivity contribution in [1.29, 1.82) is 0 Å². The molecule has 0 saturated carbocycles. The van der Waals surface area contributed by atoms with E-state index < -0.39 is 23.5 Å². The Kier molecular flexibility index (Phi) is 5.52. The summed E-state index contributed by atoms with van der Waals surface area (Å²) in [6.07, 6.45) is -0.339. The van der Waals surface area contributed by atoms with E-state index in [0.717, 1.165) is 6.07 Å². The van der Waals surface area contributed by atoms with Gasteiger partial charge in [0.05, 0.1) is 35.3 Å². The maximum atomic E-state index is 13.6. The maximum Gasteiger partial charge on any atom is 0.418 e. The summed E-state index contributed by atoms with van der Waals surface area (Å²) >= 11 is 0. The molecule has 0 bridgehead atoms. The van der Waals surface area contributed by atoms with Gasteiger partial charge in [0.2, 0.25) is 0 Å². The molecule has 0 atom stereocenters. The van der Waals surface area contributed by atoms with Crippen LogP contribution in [-0.4, -0.2) is 15.9 Å². The summed E-state index contributed by atoms with van der Waals surface area (Å²) in [5.41, 5.74) is 1.18. The molecule has 3 N–H and O–H groups in total. The minimum atomic E-state index is -4.62. The molecule has 0 fully saturated rings. The average molecular weight is 443 g/mol. The summed E-state index contributed by atoms with van der Waals surface area (Å²) in [6, 6.07) is 7.47. The van der Waals surface area contributed by atoms with Crippen molar-refractivity contribution < 1.29 is 22.4 Å². The molecule has 164 valence electrons. The largest absolute Gasteiger partial charge is 0.418 e. The molecule has 2 aromatic carbocycles. The Hall–Kier alpha value is -3.95. The molecule has 1 aliphatic heterocycles. The highest BCUT2D eigenvalue weighted by molar-refractivity contribution is 6.31. The molecule has 32 heavy (non-hydrogen) atoms. The van der Waals surface area contributed by atoms with E-state index in [9.17, 15) is 22.4 Å². The monoisotopic (exact) mass is 443 g/mol. The van der Waals surface area contributed by atoms with Crippen LogP contribution in [0.4, 0.5) is 34.6 Å². The molecule has 0 radical (unpaired) electrons. The minimum absolute atomic E-state index is 0.0652. The summed E-state index contributed by atoms with van der Waals surface area (Å²) in [5.74, 6) is -1.01. The van der Waals surface area contributed by atoms with E-state index in [1.165, 1.54) is 48.9 Å². The molecule has 0 spiro atoms. The van der Waals surface area contributed by atoms with E-state index in [2.05, 4.69) is 25.9 Å². The Labute approximate surface area is 180 Å². The standard InChI is InChI=1S/C22H17F4N5O/c1-12-8-28-15(9-27-12)10-30-20-5-3-14(7-18(20)22(24,25)26)29-11-17-16-6-13(23)2-4-19(16)31-21(17)32/h2-9,11,29-30H,10H2,1H3,(H,31,32)/b17-11+. The van der Waals surface area contributed by atoms with Crippen molar-refractivity contribution in [2.24, 2.45) is 0 Å². The van der Waals surface area contributed by atoms with E-state index in [4.69, 9.17) is 0 Å². The molecule has 1 aliphatic rings. The Balaban J connectivity index is 1.57. The minimum Gasteiger partial charge on any atom is -0.379 e. The number of nitrogens with zero attached hydrogens (tertiary/aromatic N) is 2. The van der Waals surface area contributed by atoms with Crippen LogP contribution in [0, 0.1) is 12.7 Å². The van der Waals surface area contributed by atoms with E-state index in [-0.39, 0.29) is 23.5 Å². The van der Waals surface area contributed by atoms with Crippen LogP contribution in [-0.2, 0) is 17.5 Å². The van der Waals surface area contributed by atoms with E-state index in [1.807, 2.05) is 0 Å². The lowest BCUT2D eigenvalue weighted by molar-refractivity contribution is -0.136. The van der Waals surface area contributed by atoms with Crippen molar-refractivity contribution in [3.05, 3.63) is 83.3 Å². The lowest BCUT2D eigenvalue weighted by Gasteiger charge is -2.16. The number of carbonyl (C=O) groups excluding carboxylic acids is 1. The summed E-state index contributed by atoms with van der Waals surface area (Å²) in [5, 5.41) is 8.01. The molecule has 2 heterocycles. The predicted octanol–water partition coefficient (Wildman–Crippen LogP) is 4.96. The molecule has 10 heteroatoms. The second kappa shape index (κ2) is 8.29. The number of carbonyl (C=O) groups is 1. The zero-order valence-electron chi connectivity index (χ0n) is 16.7. The number of alkyl halides is 3. The summed E-state index contributed by atoms with van der Waals surface area (Å²) in [4.78, 5) is 20.3. The van der Waals surface area contributed by atoms with Crippen molar-refractivity contribution in [2.45, 2.75) is 19.6 Å². The summed E-state index contributed by atoms with van der Waals surface area (Å²) in [6.45, 7) is 1.83. The topological polar surface area (TPSA) is 78.9 Å². The molecule has 0 unspecified atom stereocenters. The zero-order valence-corrected chi connectivity index (χ0v) is 16.7. The van der Waals surface area contributed by atoms with Crippen molar-refractivity contribution in [3.8, 4) is 0 Å². The van der Waals surface area contributed by atoms with Gasteiger partial charge in [-0.15, -0.1) is 0 Å². The fourth-order valence-corrected chi connectivity index (χ4v) is 3.18. The predicted molar refractivity (Wildman–Crippen MR) is 112 cm³/mol. The van der Waals surface area contributed by atoms with Gasteiger partial charge in [-0.3, -0.25) is 14.8 Å². The summed E-state index contributed by atoms with van der Waals surface area (Å²) in [7, 11) is 0. The number of hydrogen-bond acceptors (Lipinski definition) is 5. The van der Waals surface area contributed by atoms with E-state index >= 15 is 0 Å². The Morgan fingerprint density at radius 3 is 2.62 bits per heavy atom. The van der Waals surface area contributed by atoms with Crippen LogP contribution in [0.2, 0.25) is 0 Å². The average Bonchev–Trinajstić information content (AvgIpc) is 3.05. The van der Waals surface area contributed by atoms with Crippen LogP contribution >= 0.6 is 0 Å². The van der Waals surface area contributed by atoms with Gasteiger partial charge in [0, 0.05) is 35.0 Å². The first-order chi connectivity index (χ1) is 15.2. The highest BCUT2D eigenvalue weighted by atomic mass is 19.4. The second-order valence-electron chi connectivity index (χ2n) is 7.11. The number of nitrogens with one attached hydrogen (secondary N) is 3. The van der Waals surface area contributed by atoms with Gasteiger partial charge in [-0.05, 0) is 43.3 Å². The van der Waals surface area contributed by atoms with Crippen LogP contribution in [0.15, 0.2) is 55.0 Å². The van der Waals surface area contributed by atoms with Gasteiger partial charge in [0.15, 0.2) is 0 Å². The van der Waals surface area contributed by atoms with Crippen molar-refractivity contribution in [3.63, 3.8) is 0 Å². The van der Waals surface area contributed by atoms with Crippen LogP contribution in [0.25, 0.3) is 5.57 Å². The third kappa shape index (κ3) is 4.53. The van der Waals surface area contributed by atoms with Gasteiger partial charge in [-0.25, -0.2) is 4.39 Å². The van der Waals surface area contributed by atoms with Crippen LogP contribution in [0.3, 0.4) is 0 Å². The van der Waals surface area contributed by atoms with Gasteiger partial charge in [0.25, 0.3) is 5.91 Å². The quantitative estimate of drug-likeness (QED) is 0.384. The van der Waals surface area contributed by atoms with Gasteiger partial charge < -0.3 is 16.0 Å². The number of aromatic nitrogens is 2. The van der Waals surface area contributed by atoms with Crippen LogP contribution in [0.1, 0.15) is 22.5 Å². The first-order valence-electron chi connectivity index (χ1n) is 9.51. The fraction of sp³-hybridized carbons (Fsp3) is 0.136. The first kappa shape index (κ1) is 21.3. The Morgan fingerprint density at radius 2 is 1.91 bits per heavy atom. The van der Waals surface area contributed by atoms with Gasteiger partial charge >= 0.3 is 6.18 Å². The normalized spacial score (nSPS) is 14.3. The number of anilines is 3. The second-order valence-corrected chi connectivity index (χ2v) is 7.11. The highest BCUT2D eigenvalue weighted by Crippen LogP contribution is 2.37. The lowest BCUT2D eigenvalue weighted by atomic mass is 10.1. The molecule has 0 aliphatic carbocycles. The molecule has 1 amide bonds. The van der Waals surface area contributed by atoms with Gasteiger partial charge in [-0.2, -0.15) is 13.2 Å². The number of rotatable bonds is 5. The van der Waals surface area contributed by atoms with Crippen LogP contribution < -0.4 is 16.0 Å². The Morgan fingerprint density at radius 1 is 1.09 bits per heavy atom. The van der Waals surface area contributed by atoms with Crippen molar-refractivity contribution in [1.82, 2.24) is 9.97 Å². The first-order valence-corrected chi connectivity index (χ1v) is 9.51. The Bertz CT molecular complexity index is 1210. The van der Waals surface area contributed by atoms with Gasteiger partial charge in [-0.1, -0.05) is 0 Å². The molecule has 4 rings (SSSR count). The number of aryl methyl sites for hydroxylation is 1. The smallest absolute Gasteiger partial charge is 0.379 e. The molecule has 6 nitrogen and oxygen atoms in total. The number of fused-ring (bicyclic) bond motifs is 1.